The normalized spacial score (nSPS) is 15.2. The first-order chi connectivity index (χ1) is 22.0. The lowest BCUT2D eigenvalue weighted by Crippen LogP contribution is -2.45. The molecule has 4 rings (SSSR count). The van der Waals surface area contributed by atoms with Crippen molar-refractivity contribution in [3.8, 4) is 17.2 Å². The number of allylic oxidation sites excluding steroid dienone is 1. The molecule has 1 aliphatic rings. The van der Waals surface area contributed by atoms with E-state index in [1.807, 2.05) is 0 Å². The topological polar surface area (TPSA) is 140 Å². The number of hydrogen-bond donors (Lipinski definition) is 4. The van der Waals surface area contributed by atoms with Crippen LogP contribution in [0.25, 0.3) is 0 Å². The van der Waals surface area contributed by atoms with Crippen molar-refractivity contribution in [2.45, 2.75) is 32.7 Å². The first kappa shape index (κ1) is 35.0. The summed E-state index contributed by atoms with van der Waals surface area (Å²) < 4.78 is 22.2. The second kappa shape index (κ2) is 16.1. The van der Waals surface area contributed by atoms with Crippen molar-refractivity contribution in [3.63, 3.8) is 0 Å². The van der Waals surface area contributed by atoms with Gasteiger partial charge >= 0.3 is 12.0 Å². The van der Waals surface area contributed by atoms with Crippen LogP contribution in [-0.4, -0.2) is 49.9 Å². The highest BCUT2D eigenvalue weighted by molar-refractivity contribution is 6.42. The Bertz CT molecular complexity index is 1640. The average Bonchev–Trinajstić information content (AvgIpc) is 3.01. The van der Waals surface area contributed by atoms with Crippen molar-refractivity contribution in [3.05, 3.63) is 96.6 Å². The number of urea groups is 1. The number of carbonyl (C=O) groups excluding carboxylic acids is 2. The van der Waals surface area contributed by atoms with E-state index in [1.54, 1.807) is 62.4 Å². The highest BCUT2D eigenvalue weighted by Gasteiger charge is 2.32. The van der Waals surface area contributed by atoms with Crippen molar-refractivity contribution in [2.24, 2.45) is 5.10 Å². The van der Waals surface area contributed by atoms with Gasteiger partial charge in [-0.05, 0) is 66.9 Å². The van der Waals surface area contributed by atoms with Gasteiger partial charge in [-0.2, -0.15) is 5.10 Å². The van der Waals surface area contributed by atoms with Crippen LogP contribution in [0.4, 0.5) is 4.79 Å². The maximum absolute atomic E-state index is 12.4. The van der Waals surface area contributed by atoms with Crippen LogP contribution in [0.15, 0.2) is 64.9 Å². The number of carbonyl (C=O) groups is 2. The zero-order chi connectivity index (χ0) is 33.4. The molecule has 0 fully saturated rings. The minimum atomic E-state index is -1.20. The molecule has 244 valence electrons. The van der Waals surface area contributed by atoms with Gasteiger partial charge in [-0.1, -0.05) is 58.5 Å². The molecule has 0 saturated heterocycles. The number of aliphatic hydroxyl groups excluding tert-OH is 1. The first-order valence-electron chi connectivity index (χ1n) is 13.8. The van der Waals surface area contributed by atoms with E-state index in [2.05, 4.69) is 21.2 Å². The van der Waals surface area contributed by atoms with Gasteiger partial charge in [-0.25, -0.2) is 9.59 Å². The summed E-state index contributed by atoms with van der Waals surface area (Å²) in [6.07, 6.45) is 0.219. The van der Waals surface area contributed by atoms with Crippen molar-refractivity contribution in [1.29, 1.82) is 0 Å². The van der Waals surface area contributed by atoms with Crippen molar-refractivity contribution >= 4 is 64.6 Å². The maximum Gasteiger partial charge on any atom is 0.337 e. The number of hydrogen-bond acceptors (Lipinski definition) is 9. The maximum atomic E-state index is 12.4. The summed E-state index contributed by atoms with van der Waals surface area (Å²) in [6.45, 7) is 3.70. The minimum Gasteiger partial charge on any atom is -0.490 e. The number of aliphatic hydroxyl groups is 1. The predicted octanol–water partition coefficient (Wildman–Crippen LogP) is 6.40. The Labute approximate surface area is 285 Å². The summed E-state index contributed by atoms with van der Waals surface area (Å²) in [5.74, 6) is 0.373. The van der Waals surface area contributed by atoms with Crippen molar-refractivity contribution < 1.29 is 33.6 Å². The molecule has 0 unspecified atom stereocenters. The number of benzene rings is 3. The average molecular weight is 712 g/mol. The van der Waals surface area contributed by atoms with Gasteiger partial charge in [0.05, 0.1) is 51.6 Å². The van der Waals surface area contributed by atoms with Gasteiger partial charge in [0.15, 0.2) is 23.5 Å². The number of nitrogens with zero attached hydrogens (tertiary/aromatic N) is 1. The van der Waals surface area contributed by atoms with E-state index in [-0.39, 0.29) is 28.8 Å². The summed E-state index contributed by atoms with van der Waals surface area (Å²) in [4.78, 5) is 24.6. The van der Waals surface area contributed by atoms with Gasteiger partial charge < -0.3 is 34.7 Å². The van der Waals surface area contributed by atoms with Crippen LogP contribution >= 0.6 is 46.4 Å². The molecule has 0 radical (unpaired) electrons. The Kier molecular flexibility index (Phi) is 12.3. The Balaban J connectivity index is 1.37. The van der Waals surface area contributed by atoms with E-state index in [9.17, 15) is 14.7 Å². The number of ether oxygens (including phenoxy) is 4. The number of rotatable bonds is 13. The van der Waals surface area contributed by atoms with Crippen LogP contribution in [0, 0.1) is 0 Å². The molecule has 11 nitrogen and oxygen atoms in total. The monoisotopic (exact) mass is 710 g/mol. The smallest absolute Gasteiger partial charge is 0.337 e. The molecule has 0 spiro atoms. The largest absolute Gasteiger partial charge is 0.490 e. The molecule has 1 aliphatic heterocycles. The lowest BCUT2D eigenvalue weighted by atomic mass is 9.95. The zero-order valence-corrected chi connectivity index (χ0v) is 27.9. The molecule has 15 heteroatoms. The summed E-state index contributed by atoms with van der Waals surface area (Å²) in [5, 5.41) is 21.1. The highest BCUT2D eigenvalue weighted by atomic mass is 35.5. The Morgan fingerprint density at radius 2 is 1.74 bits per heavy atom. The van der Waals surface area contributed by atoms with E-state index >= 15 is 0 Å². The highest BCUT2D eigenvalue weighted by Crippen LogP contribution is 2.36. The van der Waals surface area contributed by atoms with Gasteiger partial charge in [0.2, 0.25) is 0 Å². The second-order valence-corrected chi connectivity index (χ2v) is 11.4. The van der Waals surface area contributed by atoms with Gasteiger partial charge in [-0.3, -0.25) is 5.43 Å². The standard InChI is InChI=1S/C31H30Cl4N4O7/c1-4-44-25-12-19(28-27(30(41)43-3)16(2)37-31(42)38-28)6-8-24(25)45-15-26(40)39-36-13-18-10-22(34)29(23(35)11-18)46-14-17-5-7-20(32)21(33)9-17/h5-13,26,28,39-40H,4,14-15H2,1-3H3,(H2,37,38,42)/b36-13-/t26-,28-/m0/s1. The molecule has 46 heavy (non-hydrogen) atoms. The molecule has 3 aromatic carbocycles. The molecule has 4 N–H and O–H groups in total. The number of esters is 1. The van der Waals surface area contributed by atoms with Crippen LogP contribution < -0.4 is 30.3 Å². The van der Waals surface area contributed by atoms with Gasteiger partial charge in [0.25, 0.3) is 0 Å². The number of nitrogens with one attached hydrogen (secondary N) is 3. The third-order valence-corrected chi connectivity index (χ3v) is 7.80. The van der Waals surface area contributed by atoms with Gasteiger partial charge in [0, 0.05) is 5.70 Å². The summed E-state index contributed by atoms with van der Waals surface area (Å²) in [5.41, 5.74) is 5.10. The molecule has 0 aliphatic carbocycles. The zero-order valence-electron chi connectivity index (χ0n) is 24.8. The van der Waals surface area contributed by atoms with E-state index in [1.165, 1.54) is 13.3 Å². The predicted molar refractivity (Wildman–Crippen MR) is 176 cm³/mol. The van der Waals surface area contributed by atoms with Gasteiger partial charge in [0.1, 0.15) is 13.2 Å². The molecule has 0 bridgehead atoms. The summed E-state index contributed by atoms with van der Waals surface area (Å²) in [7, 11) is 1.26. The van der Waals surface area contributed by atoms with Crippen LogP contribution in [0.5, 0.6) is 17.2 Å². The molecule has 0 saturated carbocycles. The molecule has 1 heterocycles. The summed E-state index contributed by atoms with van der Waals surface area (Å²) in [6, 6.07) is 12.1. The van der Waals surface area contributed by atoms with E-state index in [0.717, 1.165) is 5.56 Å². The van der Waals surface area contributed by atoms with Crippen molar-refractivity contribution in [1.82, 2.24) is 16.1 Å². The van der Waals surface area contributed by atoms with E-state index in [4.69, 9.17) is 65.4 Å². The third kappa shape index (κ3) is 8.89. The fourth-order valence-corrected chi connectivity index (χ4v) is 5.33. The Morgan fingerprint density at radius 1 is 1.00 bits per heavy atom. The number of hydrazone groups is 1. The Morgan fingerprint density at radius 3 is 2.41 bits per heavy atom. The van der Waals surface area contributed by atoms with E-state index in [0.29, 0.717) is 50.7 Å². The van der Waals surface area contributed by atoms with Crippen LogP contribution in [0.2, 0.25) is 20.1 Å². The van der Waals surface area contributed by atoms with E-state index < -0.39 is 24.3 Å². The minimum absolute atomic E-state index is 0.172. The number of amides is 2. The second-order valence-electron chi connectivity index (χ2n) is 9.77. The van der Waals surface area contributed by atoms with Crippen LogP contribution in [0.3, 0.4) is 0 Å². The number of halogens is 4. The fourth-order valence-electron chi connectivity index (χ4n) is 4.40. The lowest BCUT2D eigenvalue weighted by Gasteiger charge is -2.28. The molecular formula is C31H30Cl4N4O7. The first-order valence-corrected chi connectivity index (χ1v) is 15.3. The molecule has 2 amide bonds. The van der Waals surface area contributed by atoms with Gasteiger partial charge in [-0.15, -0.1) is 0 Å². The molecule has 3 aromatic rings. The molecular weight excluding hydrogens is 682 g/mol. The lowest BCUT2D eigenvalue weighted by molar-refractivity contribution is -0.136. The molecule has 0 aromatic heterocycles. The quantitative estimate of drug-likeness (QED) is 0.0692. The van der Waals surface area contributed by atoms with Crippen molar-refractivity contribution in [2.75, 3.05) is 20.3 Å². The molecule has 2 atom stereocenters. The Hall–Kier alpha value is -3.87. The summed E-state index contributed by atoms with van der Waals surface area (Å²) >= 11 is 24.8. The number of methoxy groups -OCH3 is 1. The fraction of sp³-hybridized carbons (Fsp3) is 0.258. The SMILES string of the molecule is CCOc1cc([C@@H]2NC(=O)NC(C)=C2C(=O)OC)ccc1OC[C@H](O)N/N=C\c1cc(Cl)c(OCc2ccc(Cl)c(Cl)c2)c(Cl)c1. The van der Waals surface area contributed by atoms with Crippen LogP contribution in [0.1, 0.15) is 36.6 Å². The third-order valence-electron chi connectivity index (χ3n) is 6.50. The van der Waals surface area contributed by atoms with Crippen LogP contribution in [-0.2, 0) is 16.1 Å².